The van der Waals surface area contributed by atoms with E-state index in [4.69, 9.17) is 11.6 Å². The summed E-state index contributed by atoms with van der Waals surface area (Å²) in [6.45, 7) is 3.86. The van der Waals surface area contributed by atoms with E-state index in [2.05, 4.69) is 9.88 Å². The van der Waals surface area contributed by atoms with E-state index in [1.165, 1.54) is 12.1 Å². The first kappa shape index (κ1) is 16.9. The monoisotopic (exact) mass is 347 g/mol. The third-order valence-electron chi connectivity index (χ3n) is 4.17. The van der Waals surface area contributed by atoms with Crippen molar-refractivity contribution in [1.29, 1.82) is 0 Å². The number of pyridine rings is 1. The molecule has 3 rings (SSSR count). The smallest absolute Gasteiger partial charge is 0.254 e. The Labute approximate surface area is 145 Å². The highest BCUT2D eigenvalue weighted by molar-refractivity contribution is 6.29. The number of carbonyl (C=O) groups is 1. The summed E-state index contributed by atoms with van der Waals surface area (Å²) < 4.78 is 13.0. The number of benzene rings is 1. The molecule has 2 heterocycles. The van der Waals surface area contributed by atoms with Crippen molar-refractivity contribution in [2.75, 3.05) is 26.2 Å². The minimum absolute atomic E-state index is 0.0112. The van der Waals surface area contributed by atoms with Crippen molar-refractivity contribution in [3.05, 3.63) is 64.7 Å². The normalized spacial score (nSPS) is 16.0. The highest BCUT2D eigenvalue weighted by Gasteiger charge is 2.20. The number of amides is 1. The molecule has 0 bridgehead atoms. The van der Waals surface area contributed by atoms with Gasteiger partial charge in [0, 0.05) is 44.5 Å². The van der Waals surface area contributed by atoms with E-state index in [-0.39, 0.29) is 11.7 Å². The fraction of sp³-hybridized carbons (Fsp3) is 0.333. The summed E-state index contributed by atoms with van der Waals surface area (Å²) in [7, 11) is 0. The van der Waals surface area contributed by atoms with Gasteiger partial charge in [0.05, 0.1) is 0 Å². The molecule has 126 valence electrons. The van der Waals surface area contributed by atoms with E-state index < -0.39 is 0 Å². The molecule has 1 fully saturated rings. The Kier molecular flexibility index (Phi) is 5.43. The standard InChI is InChI=1S/C18H19ClFN3O/c19-17-12-15(6-7-21-17)18(24)23-9-1-8-22(10-11-23)13-14-2-4-16(20)5-3-14/h2-7,12H,1,8-11,13H2. The summed E-state index contributed by atoms with van der Waals surface area (Å²) in [6.07, 6.45) is 2.46. The Hall–Kier alpha value is -1.98. The number of hydrogen-bond acceptors (Lipinski definition) is 3. The molecule has 4 nitrogen and oxygen atoms in total. The van der Waals surface area contributed by atoms with Gasteiger partial charge in [-0.1, -0.05) is 23.7 Å². The second-order valence-corrected chi connectivity index (χ2v) is 6.30. The number of rotatable bonds is 3. The molecule has 1 aliphatic rings. The van der Waals surface area contributed by atoms with E-state index in [1.54, 1.807) is 18.3 Å². The molecule has 1 amide bonds. The molecule has 0 radical (unpaired) electrons. The van der Waals surface area contributed by atoms with E-state index in [9.17, 15) is 9.18 Å². The van der Waals surface area contributed by atoms with Crippen LogP contribution in [0.3, 0.4) is 0 Å². The van der Waals surface area contributed by atoms with Crippen molar-refractivity contribution in [2.45, 2.75) is 13.0 Å². The summed E-state index contributed by atoms with van der Waals surface area (Å²) in [5, 5.41) is 0.327. The predicted octanol–water partition coefficient (Wildman–Crippen LogP) is 3.22. The lowest BCUT2D eigenvalue weighted by molar-refractivity contribution is 0.0761. The molecule has 1 aromatic carbocycles. The first-order valence-corrected chi connectivity index (χ1v) is 8.37. The lowest BCUT2D eigenvalue weighted by Crippen LogP contribution is -2.35. The zero-order chi connectivity index (χ0) is 16.9. The third kappa shape index (κ3) is 4.30. The van der Waals surface area contributed by atoms with Crippen LogP contribution < -0.4 is 0 Å². The maximum absolute atomic E-state index is 13.0. The summed E-state index contributed by atoms with van der Waals surface area (Å²) in [6, 6.07) is 9.87. The molecule has 24 heavy (non-hydrogen) atoms. The van der Waals surface area contributed by atoms with Crippen LogP contribution in [0.2, 0.25) is 5.15 Å². The molecule has 0 unspecified atom stereocenters. The van der Waals surface area contributed by atoms with E-state index in [0.29, 0.717) is 17.3 Å². The SMILES string of the molecule is O=C(c1ccnc(Cl)c1)N1CCCN(Cc2ccc(F)cc2)CC1. The maximum Gasteiger partial charge on any atom is 0.254 e. The molecular formula is C18H19ClFN3O. The van der Waals surface area contributed by atoms with Crippen LogP contribution in [-0.4, -0.2) is 46.9 Å². The Morgan fingerprint density at radius 2 is 1.92 bits per heavy atom. The number of halogens is 2. The average Bonchev–Trinajstić information content (AvgIpc) is 2.82. The molecule has 0 N–H and O–H groups in total. The van der Waals surface area contributed by atoms with Crippen LogP contribution >= 0.6 is 11.6 Å². The van der Waals surface area contributed by atoms with Crippen LogP contribution in [0.1, 0.15) is 22.3 Å². The van der Waals surface area contributed by atoms with Crippen molar-refractivity contribution in [2.24, 2.45) is 0 Å². The van der Waals surface area contributed by atoms with Gasteiger partial charge in [-0.05, 0) is 36.2 Å². The lowest BCUT2D eigenvalue weighted by Gasteiger charge is -2.22. The fourth-order valence-electron chi connectivity index (χ4n) is 2.90. The molecule has 1 aliphatic heterocycles. The Bertz CT molecular complexity index is 708. The summed E-state index contributed by atoms with van der Waals surface area (Å²) in [5.41, 5.74) is 1.65. The van der Waals surface area contributed by atoms with Gasteiger partial charge >= 0.3 is 0 Å². The number of nitrogens with zero attached hydrogens (tertiary/aromatic N) is 3. The second-order valence-electron chi connectivity index (χ2n) is 5.92. The van der Waals surface area contributed by atoms with Gasteiger partial charge in [-0.25, -0.2) is 9.37 Å². The Balaban J connectivity index is 1.60. The first-order chi connectivity index (χ1) is 11.6. The molecule has 0 spiro atoms. The van der Waals surface area contributed by atoms with Gasteiger partial charge < -0.3 is 4.90 Å². The molecular weight excluding hydrogens is 329 g/mol. The minimum atomic E-state index is -0.220. The maximum atomic E-state index is 13.0. The van der Waals surface area contributed by atoms with Crippen LogP contribution in [-0.2, 0) is 6.54 Å². The molecule has 0 saturated carbocycles. The number of carbonyl (C=O) groups excluding carboxylic acids is 1. The number of aromatic nitrogens is 1. The lowest BCUT2D eigenvalue weighted by atomic mass is 10.2. The zero-order valence-corrected chi connectivity index (χ0v) is 14.0. The first-order valence-electron chi connectivity index (χ1n) is 7.99. The summed E-state index contributed by atoms with van der Waals surface area (Å²) >= 11 is 5.87. The van der Waals surface area contributed by atoms with Crippen LogP contribution in [0.15, 0.2) is 42.6 Å². The largest absolute Gasteiger partial charge is 0.337 e. The molecule has 6 heteroatoms. The minimum Gasteiger partial charge on any atom is -0.337 e. The fourth-order valence-corrected chi connectivity index (χ4v) is 3.07. The highest BCUT2D eigenvalue weighted by atomic mass is 35.5. The molecule has 1 aromatic heterocycles. The molecule has 0 atom stereocenters. The van der Waals surface area contributed by atoms with Crippen molar-refractivity contribution >= 4 is 17.5 Å². The zero-order valence-electron chi connectivity index (χ0n) is 13.3. The van der Waals surface area contributed by atoms with Gasteiger partial charge in [-0.15, -0.1) is 0 Å². The van der Waals surface area contributed by atoms with Crippen LogP contribution in [0.25, 0.3) is 0 Å². The van der Waals surface area contributed by atoms with Gasteiger partial charge in [0.25, 0.3) is 5.91 Å². The van der Waals surface area contributed by atoms with Crippen molar-refractivity contribution in [1.82, 2.24) is 14.8 Å². The second kappa shape index (κ2) is 7.73. The topological polar surface area (TPSA) is 36.4 Å². The number of hydrogen-bond donors (Lipinski definition) is 0. The Morgan fingerprint density at radius 1 is 1.12 bits per heavy atom. The summed E-state index contributed by atoms with van der Waals surface area (Å²) in [4.78, 5) is 20.6. The third-order valence-corrected chi connectivity index (χ3v) is 4.38. The Morgan fingerprint density at radius 3 is 2.67 bits per heavy atom. The van der Waals surface area contributed by atoms with Crippen molar-refractivity contribution in [3.8, 4) is 0 Å². The van der Waals surface area contributed by atoms with Crippen LogP contribution in [0.4, 0.5) is 4.39 Å². The average molecular weight is 348 g/mol. The van der Waals surface area contributed by atoms with Crippen molar-refractivity contribution < 1.29 is 9.18 Å². The van der Waals surface area contributed by atoms with Crippen LogP contribution in [0, 0.1) is 5.82 Å². The quantitative estimate of drug-likeness (QED) is 0.800. The van der Waals surface area contributed by atoms with Gasteiger partial charge in [0.2, 0.25) is 0 Å². The predicted molar refractivity (Wildman–Crippen MR) is 91.4 cm³/mol. The molecule has 0 aliphatic carbocycles. The van der Waals surface area contributed by atoms with Gasteiger partial charge in [0.1, 0.15) is 11.0 Å². The van der Waals surface area contributed by atoms with E-state index in [1.807, 2.05) is 17.0 Å². The summed E-state index contributed by atoms with van der Waals surface area (Å²) in [5.74, 6) is -0.231. The van der Waals surface area contributed by atoms with Gasteiger partial charge in [0.15, 0.2) is 0 Å². The van der Waals surface area contributed by atoms with Gasteiger partial charge in [-0.2, -0.15) is 0 Å². The van der Waals surface area contributed by atoms with E-state index in [0.717, 1.165) is 38.2 Å². The van der Waals surface area contributed by atoms with Gasteiger partial charge in [-0.3, -0.25) is 9.69 Å². The van der Waals surface area contributed by atoms with E-state index >= 15 is 0 Å². The van der Waals surface area contributed by atoms with Crippen LogP contribution in [0.5, 0.6) is 0 Å². The molecule has 2 aromatic rings. The highest BCUT2D eigenvalue weighted by Crippen LogP contribution is 2.14. The molecule has 1 saturated heterocycles. The van der Waals surface area contributed by atoms with Crippen molar-refractivity contribution in [3.63, 3.8) is 0 Å².